The summed E-state index contributed by atoms with van der Waals surface area (Å²) in [5, 5.41) is 3.70. The van der Waals surface area contributed by atoms with Crippen LogP contribution in [0.5, 0.6) is 0 Å². The molecule has 0 amide bonds. The Morgan fingerprint density at radius 3 is 2.65 bits per heavy atom. The Balaban J connectivity index is 2.15. The van der Waals surface area contributed by atoms with Gasteiger partial charge >= 0.3 is 0 Å². The van der Waals surface area contributed by atoms with Crippen molar-refractivity contribution in [2.24, 2.45) is 0 Å². The minimum Gasteiger partial charge on any atom is -0.398 e. The molecule has 3 N–H and O–H groups in total. The molecule has 0 atom stereocenters. The number of nitrogens with two attached hydrogens (primary N) is 1. The van der Waals surface area contributed by atoms with Crippen LogP contribution in [-0.4, -0.2) is 13.6 Å². The van der Waals surface area contributed by atoms with E-state index in [4.69, 9.17) is 10.3 Å². The first kappa shape index (κ1) is 14.5. The smallest absolute Gasteiger partial charge is 0.241 e. The zero-order chi connectivity index (χ0) is 14.8. The summed E-state index contributed by atoms with van der Waals surface area (Å²) < 4.78 is 31.7. The molecule has 6 nitrogen and oxygen atoms in total. The normalized spacial score (nSPS) is 11.7. The average Bonchev–Trinajstić information content (AvgIpc) is 2.82. The van der Waals surface area contributed by atoms with Gasteiger partial charge in [-0.05, 0) is 31.0 Å². The highest BCUT2D eigenvalue weighted by atomic mass is 32.2. The number of hydrogen-bond acceptors (Lipinski definition) is 5. The fourth-order valence-electron chi connectivity index (χ4n) is 1.81. The van der Waals surface area contributed by atoms with Gasteiger partial charge in [0.25, 0.3) is 0 Å². The van der Waals surface area contributed by atoms with Crippen molar-refractivity contribution in [3.8, 4) is 0 Å². The lowest BCUT2D eigenvalue weighted by molar-refractivity contribution is 0.377. The first-order valence-electron chi connectivity index (χ1n) is 6.22. The summed E-state index contributed by atoms with van der Waals surface area (Å²) in [6.07, 6.45) is 0.761. The molecular formula is C13H17N3O3S. The number of benzene rings is 1. The van der Waals surface area contributed by atoms with Crippen molar-refractivity contribution in [3.63, 3.8) is 0 Å². The van der Waals surface area contributed by atoms with Crippen LogP contribution in [0.4, 0.5) is 5.69 Å². The molecule has 0 saturated heterocycles. The van der Waals surface area contributed by atoms with Gasteiger partial charge in [0, 0.05) is 11.8 Å². The molecule has 0 saturated carbocycles. The monoisotopic (exact) mass is 295 g/mol. The summed E-state index contributed by atoms with van der Waals surface area (Å²) in [6, 6.07) is 6.41. The van der Waals surface area contributed by atoms with Crippen molar-refractivity contribution in [1.82, 2.24) is 9.88 Å². The van der Waals surface area contributed by atoms with Gasteiger partial charge in [-0.2, -0.15) is 0 Å². The quantitative estimate of drug-likeness (QED) is 0.816. The van der Waals surface area contributed by atoms with Gasteiger partial charge in [-0.1, -0.05) is 18.1 Å². The van der Waals surface area contributed by atoms with Crippen LogP contribution in [0.1, 0.15) is 23.9 Å². The van der Waals surface area contributed by atoms with Gasteiger partial charge in [-0.15, -0.1) is 0 Å². The van der Waals surface area contributed by atoms with Gasteiger partial charge in [0.2, 0.25) is 10.0 Å². The summed E-state index contributed by atoms with van der Waals surface area (Å²) in [5.41, 5.74) is 7.93. The van der Waals surface area contributed by atoms with E-state index in [1.807, 2.05) is 6.92 Å². The van der Waals surface area contributed by atoms with E-state index in [9.17, 15) is 8.42 Å². The number of nitrogens with zero attached hydrogens (tertiary/aromatic N) is 1. The molecule has 1 heterocycles. The third-order valence-corrected chi connectivity index (χ3v) is 4.32. The van der Waals surface area contributed by atoms with Crippen LogP contribution in [0.3, 0.4) is 0 Å². The van der Waals surface area contributed by atoms with Gasteiger partial charge < -0.3 is 10.3 Å². The van der Waals surface area contributed by atoms with E-state index in [0.717, 1.165) is 12.0 Å². The van der Waals surface area contributed by atoms with Gasteiger partial charge in [0.1, 0.15) is 0 Å². The van der Waals surface area contributed by atoms with Crippen LogP contribution in [0.15, 0.2) is 33.7 Å². The molecule has 7 heteroatoms. The second-order valence-electron chi connectivity index (χ2n) is 4.47. The number of aryl methyl sites for hydroxylation is 2. The largest absolute Gasteiger partial charge is 0.398 e. The van der Waals surface area contributed by atoms with Crippen LogP contribution in [0, 0.1) is 6.92 Å². The maximum absolute atomic E-state index is 12.1. The van der Waals surface area contributed by atoms with E-state index >= 15 is 0 Å². The van der Waals surface area contributed by atoms with Crippen LogP contribution in [0.25, 0.3) is 0 Å². The zero-order valence-electron chi connectivity index (χ0n) is 11.4. The zero-order valence-corrected chi connectivity index (χ0v) is 12.2. The molecule has 1 aromatic carbocycles. The van der Waals surface area contributed by atoms with E-state index < -0.39 is 10.0 Å². The van der Waals surface area contributed by atoms with E-state index in [-0.39, 0.29) is 11.4 Å². The number of aromatic nitrogens is 1. The van der Waals surface area contributed by atoms with E-state index in [1.165, 1.54) is 6.07 Å². The molecule has 0 aliphatic rings. The molecule has 108 valence electrons. The van der Waals surface area contributed by atoms with E-state index in [2.05, 4.69) is 9.88 Å². The summed E-state index contributed by atoms with van der Waals surface area (Å²) in [5.74, 6) is 0.462. The fraction of sp³-hybridized carbons (Fsp3) is 0.308. The number of sulfonamides is 1. The van der Waals surface area contributed by atoms with E-state index in [0.29, 0.717) is 17.1 Å². The predicted octanol–water partition coefficient (Wildman–Crippen LogP) is 1.61. The predicted molar refractivity (Wildman–Crippen MR) is 75.5 cm³/mol. The van der Waals surface area contributed by atoms with Gasteiger partial charge in [-0.25, -0.2) is 13.1 Å². The highest BCUT2D eigenvalue weighted by Gasteiger charge is 2.16. The molecule has 20 heavy (non-hydrogen) atoms. The lowest BCUT2D eigenvalue weighted by Crippen LogP contribution is -2.23. The van der Waals surface area contributed by atoms with Crippen LogP contribution in [0.2, 0.25) is 0 Å². The first-order valence-corrected chi connectivity index (χ1v) is 7.71. The maximum atomic E-state index is 12.1. The summed E-state index contributed by atoms with van der Waals surface area (Å²) in [4.78, 5) is 0.142. The summed E-state index contributed by atoms with van der Waals surface area (Å²) in [6.45, 7) is 3.79. The number of nitrogens with one attached hydrogen (secondary N) is 1. The fourth-order valence-corrected chi connectivity index (χ4v) is 2.84. The molecule has 0 unspecified atom stereocenters. The third kappa shape index (κ3) is 3.17. The number of rotatable bonds is 5. The molecule has 0 aliphatic carbocycles. The Hall–Kier alpha value is -1.86. The van der Waals surface area contributed by atoms with E-state index in [1.54, 1.807) is 25.1 Å². The van der Waals surface area contributed by atoms with Crippen molar-refractivity contribution in [1.29, 1.82) is 0 Å². The lowest BCUT2D eigenvalue weighted by atomic mass is 10.1. The molecule has 0 bridgehead atoms. The average molecular weight is 295 g/mol. The Morgan fingerprint density at radius 1 is 1.35 bits per heavy atom. The summed E-state index contributed by atoms with van der Waals surface area (Å²) in [7, 11) is -3.61. The van der Waals surface area contributed by atoms with Crippen molar-refractivity contribution in [2.45, 2.75) is 31.7 Å². The van der Waals surface area contributed by atoms with Crippen LogP contribution >= 0.6 is 0 Å². The standard InChI is InChI=1S/C13H17N3O3S/c1-3-10-4-5-12(7-13(10)14)20(17,18)15-8-11-6-9(2)16-19-11/h4-7,15H,3,8,14H2,1-2H3. The Bertz CT molecular complexity index is 707. The Kier molecular flexibility index (Phi) is 4.10. The second-order valence-corrected chi connectivity index (χ2v) is 6.24. The highest BCUT2D eigenvalue weighted by molar-refractivity contribution is 7.89. The maximum Gasteiger partial charge on any atom is 0.241 e. The highest BCUT2D eigenvalue weighted by Crippen LogP contribution is 2.18. The molecule has 0 aliphatic heterocycles. The van der Waals surface area contributed by atoms with Crippen LogP contribution in [-0.2, 0) is 23.0 Å². The van der Waals surface area contributed by atoms with Crippen molar-refractivity contribution in [3.05, 3.63) is 41.3 Å². The Morgan fingerprint density at radius 2 is 2.10 bits per heavy atom. The number of anilines is 1. The number of hydrogen-bond donors (Lipinski definition) is 2. The first-order chi connectivity index (χ1) is 9.42. The van der Waals surface area contributed by atoms with Gasteiger partial charge in [-0.3, -0.25) is 0 Å². The molecule has 0 fully saturated rings. The second kappa shape index (κ2) is 5.64. The topological polar surface area (TPSA) is 98.2 Å². The summed E-state index contributed by atoms with van der Waals surface area (Å²) >= 11 is 0. The molecule has 2 aromatic rings. The molecule has 0 radical (unpaired) electrons. The third-order valence-electron chi connectivity index (χ3n) is 2.92. The van der Waals surface area contributed by atoms with Crippen molar-refractivity contribution >= 4 is 15.7 Å². The van der Waals surface area contributed by atoms with Gasteiger partial charge in [0.15, 0.2) is 5.76 Å². The minimum absolute atomic E-state index is 0.0542. The molecular weight excluding hydrogens is 278 g/mol. The Labute approximate surface area is 118 Å². The molecule has 1 aromatic heterocycles. The van der Waals surface area contributed by atoms with Crippen molar-refractivity contribution in [2.75, 3.05) is 5.73 Å². The number of nitrogen functional groups attached to an aromatic ring is 1. The van der Waals surface area contributed by atoms with Gasteiger partial charge in [0.05, 0.1) is 17.1 Å². The van der Waals surface area contributed by atoms with Crippen LogP contribution < -0.4 is 10.5 Å². The SMILES string of the molecule is CCc1ccc(S(=O)(=O)NCc2cc(C)no2)cc1N. The molecule has 2 rings (SSSR count). The molecule has 0 spiro atoms. The lowest BCUT2D eigenvalue weighted by Gasteiger charge is -2.08. The minimum atomic E-state index is -3.61. The van der Waals surface area contributed by atoms with Crippen molar-refractivity contribution < 1.29 is 12.9 Å².